The van der Waals surface area contributed by atoms with E-state index in [4.69, 9.17) is 5.11 Å². The first-order valence-electron chi connectivity index (χ1n) is 7.06. The molecule has 1 fully saturated rings. The Labute approximate surface area is 123 Å². The maximum atomic E-state index is 12.3. The van der Waals surface area contributed by atoms with Crippen LogP contribution < -0.4 is 0 Å². The molecule has 1 N–H and O–H groups in total. The van der Waals surface area contributed by atoms with Crippen LogP contribution in [0.1, 0.15) is 58.4 Å². The van der Waals surface area contributed by atoms with E-state index >= 15 is 0 Å². The van der Waals surface area contributed by atoms with Gasteiger partial charge in [0.15, 0.2) is 5.78 Å². The molecule has 1 aliphatic rings. The van der Waals surface area contributed by atoms with Crippen LogP contribution >= 0.6 is 11.8 Å². The molecular weight excluding hydrogens is 272 g/mol. The molecule has 1 aromatic rings. The molecule has 0 aromatic heterocycles. The van der Waals surface area contributed by atoms with Gasteiger partial charge in [-0.3, -0.25) is 4.79 Å². The lowest BCUT2D eigenvalue weighted by Crippen LogP contribution is -2.13. The van der Waals surface area contributed by atoms with E-state index in [2.05, 4.69) is 0 Å². The molecule has 2 rings (SSSR count). The summed E-state index contributed by atoms with van der Waals surface area (Å²) in [6, 6.07) is 4.76. The molecule has 0 amide bonds. The van der Waals surface area contributed by atoms with Gasteiger partial charge in [0.2, 0.25) is 0 Å². The lowest BCUT2D eigenvalue weighted by atomic mass is 10.0. The molecule has 0 radical (unpaired) electrons. The summed E-state index contributed by atoms with van der Waals surface area (Å²) >= 11 is 1.73. The highest BCUT2D eigenvalue weighted by Crippen LogP contribution is 2.29. The molecule has 4 heteroatoms. The molecule has 0 spiro atoms. The van der Waals surface area contributed by atoms with E-state index in [-0.39, 0.29) is 11.3 Å². The van der Waals surface area contributed by atoms with Gasteiger partial charge in [0.05, 0.1) is 11.3 Å². The number of aryl methyl sites for hydroxylation is 1. The Bertz CT molecular complexity index is 504. The van der Waals surface area contributed by atoms with Crippen LogP contribution in [0, 0.1) is 6.92 Å². The van der Waals surface area contributed by atoms with Crippen molar-refractivity contribution in [1.82, 2.24) is 0 Å². The maximum Gasteiger partial charge on any atom is 0.335 e. The van der Waals surface area contributed by atoms with Gasteiger partial charge in [-0.2, -0.15) is 11.8 Å². The topological polar surface area (TPSA) is 54.4 Å². The van der Waals surface area contributed by atoms with Crippen molar-refractivity contribution >= 4 is 23.5 Å². The number of thioether (sulfide) groups is 1. The fourth-order valence-electron chi connectivity index (χ4n) is 2.56. The number of carbonyl (C=O) groups excluding carboxylic acids is 1. The summed E-state index contributed by atoms with van der Waals surface area (Å²) in [5.74, 6) is -0.491. The van der Waals surface area contributed by atoms with Gasteiger partial charge in [-0.25, -0.2) is 4.79 Å². The van der Waals surface area contributed by atoms with Gasteiger partial charge in [0, 0.05) is 10.8 Å². The number of carboxylic acids is 1. The number of aromatic carboxylic acids is 1. The summed E-state index contributed by atoms with van der Waals surface area (Å²) in [5, 5.41) is 9.59. The van der Waals surface area contributed by atoms with E-state index in [1.807, 2.05) is 6.92 Å². The smallest absolute Gasteiger partial charge is 0.335 e. The van der Waals surface area contributed by atoms with Crippen molar-refractivity contribution < 1.29 is 14.7 Å². The first-order valence-corrected chi connectivity index (χ1v) is 8.11. The Morgan fingerprint density at radius 1 is 1.25 bits per heavy atom. The average Bonchev–Trinajstić information content (AvgIpc) is 2.46. The summed E-state index contributed by atoms with van der Waals surface area (Å²) < 4.78 is 0. The lowest BCUT2D eigenvalue weighted by molar-refractivity contribution is 0.0697. The van der Waals surface area contributed by atoms with Crippen LogP contribution in [0.15, 0.2) is 18.2 Å². The van der Waals surface area contributed by atoms with E-state index in [1.54, 1.807) is 23.9 Å². The molecule has 0 saturated heterocycles. The molecule has 20 heavy (non-hydrogen) atoms. The summed E-state index contributed by atoms with van der Waals surface area (Å²) in [6.07, 6.45) is 6.24. The number of hydrogen-bond donors (Lipinski definition) is 1. The number of rotatable bonds is 5. The minimum Gasteiger partial charge on any atom is -0.478 e. The highest BCUT2D eigenvalue weighted by Gasteiger charge is 2.17. The van der Waals surface area contributed by atoms with Gasteiger partial charge in [-0.15, -0.1) is 0 Å². The summed E-state index contributed by atoms with van der Waals surface area (Å²) in [5.41, 5.74) is 1.58. The van der Waals surface area contributed by atoms with Gasteiger partial charge < -0.3 is 5.11 Å². The van der Waals surface area contributed by atoms with Crippen molar-refractivity contribution in [1.29, 1.82) is 0 Å². The molecular formula is C16H20O3S. The number of carbonyl (C=O) groups is 2. The lowest BCUT2D eigenvalue weighted by Gasteiger charge is -2.20. The highest BCUT2D eigenvalue weighted by molar-refractivity contribution is 8.00. The number of carboxylic acid groups (broad SMARTS) is 1. The van der Waals surface area contributed by atoms with E-state index < -0.39 is 5.97 Å². The molecule has 1 saturated carbocycles. The fraction of sp³-hybridized carbons (Fsp3) is 0.500. The second kappa shape index (κ2) is 6.93. The Morgan fingerprint density at radius 3 is 2.60 bits per heavy atom. The van der Waals surface area contributed by atoms with Crippen LogP contribution in [-0.2, 0) is 0 Å². The predicted molar refractivity (Wildman–Crippen MR) is 81.8 cm³/mol. The van der Waals surface area contributed by atoms with Crippen molar-refractivity contribution in [3.63, 3.8) is 0 Å². The zero-order valence-corrected chi connectivity index (χ0v) is 12.5. The normalized spacial score (nSPS) is 16.1. The molecule has 3 nitrogen and oxygen atoms in total. The Hall–Kier alpha value is -1.29. The van der Waals surface area contributed by atoms with Crippen LogP contribution in [0.3, 0.4) is 0 Å². The Balaban J connectivity index is 2.00. The fourth-order valence-corrected chi connectivity index (χ4v) is 3.77. The second-order valence-electron chi connectivity index (χ2n) is 5.33. The van der Waals surface area contributed by atoms with Crippen LogP contribution in [0.25, 0.3) is 0 Å². The third-order valence-electron chi connectivity index (χ3n) is 3.79. The van der Waals surface area contributed by atoms with E-state index in [9.17, 15) is 9.59 Å². The van der Waals surface area contributed by atoms with Crippen molar-refractivity contribution in [3.05, 3.63) is 34.9 Å². The van der Waals surface area contributed by atoms with E-state index in [0.717, 1.165) is 5.56 Å². The molecule has 0 bridgehead atoms. The van der Waals surface area contributed by atoms with Crippen molar-refractivity contribution in [2.24, 2.45) is 0 Å². The van der Waals surface area contributed by atoms with Crippen LogP contribution in [0.2, 0.25) is 0 Å². The largest absolute Gasteiger partial charge is 0.478 e. The average molecular weight is 292 g/mol. The monoisotopic (exact) mass is 292 g/mol. The van der Waals surface area contributed by atoms with Crippen molar-refractivity contribution in [2.45, 2.75) is 44.3 Å². The summed E-state index contributed by atoms with van der Waals surface area (Å²) in [6.45, 7) is 1.85. The van der Waals surface area contributed by atoms with Crippen LogP contribution in [0.4, 0.5) is 0 Å². The van der Waals surface area contributed by atoms with Gasteiger partial charge in [0.1, 0.15) is 0 Å². The Kier molecular flexibility index (Phi) is 5.24. The van der Waals surface area contributed by atoms with Gasteiger partial charge in [-0.1, -0.05) is 25.3 Å². The predicted octanol–water partition coefficient (Wildman–Crippen LogP) is 3.94. The van der Waals surface area contributed by atoms with Crippen LogP contribution in [0.5, 0.6) is 0 Å². The van der Waals surface area contributed by atoms with Gasteiger partial charge in [0.25, 0.3) is 0 Å². The third kappa shape index (κ3) is 3.85. The SMILES string of the molecule is Cc1ccc(C(=O)O)cc1C(=O)CSC1CCCCC1. The van der Waals surface area contributed by atoms with Gasteiger partial charge >= 0.3 is 5.97 Å². The van der Waals surface area contributed by atoms with E-state index in [0.29, 0.717) is 16.6 Å². The maximum absolute atomic E-state index is 12.3. The second-order valence-corrected chi connectivity index (χ2v) is 6.62. The molecule has 0 heterocycles. The molecule has 0 atom stereocenters. The van der Waals surface area contributed by atoms with Gasteiger partial charge in [-0.05, 0) is 37.5 Å². The molecule has 1 aromatic carbocycles. The minimum atomic E-state index is -0.987. The number of Topliss-reactive ketones (excluding diaryl/α,β-unsaturated/α-hetero) is 1. The number of hydrogen-bond acceptors (Lipinski definition) is 3. The quantitative estimate of drug-likeness (QED) is 0.835. The van der Waals surface area contributed by atoms with E-state index in [1.165, 1.54) is 38.2 Å². The molecule has 0 aliphatic heterocycles. The summed E-state index contributed by atoms with van der Waals surface area (Å²) in [4.78, 5) is 23.2. The Morgan fingerprint density at radius 2 is 1.95 bits per heavy atom. The number of ketones is 1. The van der Waals surface area contributed by atoms with Crippen LogP contribution in [-0.4, -0.2) is 27.9 Å². The minimum absolute atomic E-state index is 0.0428. The zero-order valence-electron chi connectivity index (χ0n) is 11.7. The number of benzene rings is 1. The molecule has 0 unspecified atom stereocenters. The highest BCUT2D eigenvalue weighted by atomic mass is 32.2. The van der Waals surface area contributed by atoms with Crippen molar-refractivity contribution in [2.75, 3.05) is 5.75 Å². The summed E-state index contributed by atoms with van der Waals surface area (Å²) in [7, 11) is 0. The first kappa shape index (κ1) is 15.1. The standard InChI is InChI=1S/C16H20O3S/c1-11-7-8-12(16(18)19)9-14(11)15(17)10-20-13-5-3-2-4-6-13/h7-9,13H,2-6,10H2,1H3,(H,18,19). The first-order chi connectivity index (χ1) is 9.58. The molecule has 108 valence electrons. The molecule has 1 aliphatic carbocycles. The zero-order chi connectivity index (χ0) is 14.5. The third-order valence-corrected chi connectivity index (χ3v) is 5.16. The van der Waals surface area contributed by atoms with Crippen molar-refractivity contribution in [3.8, 4) is 0 Å².